The lowest BCUT2D eigenvalue weighted by atomic mass is 9.64. The second kappa shape index (κ2) is 34.5. The van der Waals surface area contributed by atoms with E-state index < -0.39 is 0 Å². The number of pyridine rings is 8. The van der Waals surface area contributed by atoms with Crippen LogP contribution >= 0.6 is 0 Å². The summed E-state index contributed by atoms with van der Waals surface area (Å²) in [6.45, 7) is 58.5. The quantitative estimate of drug-likeness (QED) is 0.111. The minimum atomic E-state index is -0.145. The third-order valence-corrected chi connectivity index (χ3v) is 33.2. The molecule has 0 bridgehead atoms. The predicted molar refractivity (Wildman–Crippen MR) is 585 cm³/mol. The standard InChI is InChI=1S/C35H39N2O.C33H35N2O.2C31H31N2O/c1-19(2)26-17-30(37(9)18-23(26)8)31-22(7)14-15-25-28-16-27-24-12-10-11-13-29(24)35(20(3)4,21(5)6)33(27)36-34(28)38-32(25)31;1-8-33(9-2)27-13-11-10-12-22(27)25-16-26-23-15-14-20(5)29(30(23)36-32(26)34-31(25)33)28-17-24(19(3)4)21(6)18-35(28)7;1-17(2)22-14-26(33(7)16-19(22)4)28-18(3)10-11-20-24-13-23-21-9-8-12-32-30(21)31(5,6)25(23)15-27(24)34-29(20)28;1-17(2)22-15-26(33(7)16-19(22)4)27-18(3)12-13-21-24-14-23-20-10-8-9-11-25(20)31(5,6)29(23)32-30(24)34-28(21)27/h10-21H,1-9H3;10-19H,8-9H2,1-7H3;2*8-17H,1-7H3/q4*+1. The Morgan fingerprint density at radius 3 is 0.993 bits per heavy atom. The molecule has 716 valence electrons. The molecule has 0 saturated heterocycles. The van der Waals surface area contributed by atoms with Crippen LogP contribution in [-0.4, -0.2) is 19.9 Å². The number of hydrogen-bond donors (Lipinski definition) is 0. The Kier molecular flexibility index (Phi) is 22.9. The van der Waals surface area contributed by atoms with Crippen LogP contribution in [-0.2, 0) is 49.9 Å². The molecule has 0 amide bonds. The molecule has 12 aromatic heterocycles. The van der Waals surface area contributed by atoms with E-state index in [9.17, 15) is 0 Å². The number of aromatic nitrogens is 8. The van der Waals surface area contributed by atoms with Crippen molar-refractivity contribution < 1.29 is 35.9 Å². The molecule has 24 rings (SSSR count). The van der Waals surface area contributed by atoms with E-state index in [4.69, 9.17) is 37.6 Å². The maximum atomic E-state index is 6.76. The second-order valence-electron chi connectivity index (χ2n) is 44.6. The summed E-state index contributed by atoms with van der Waals surface area (Å²) >= 11 is 0. The molecule has 0 fully saturated rings. The van der Waals surface area contributed by atoms with Crippen molar-refractivity contribution >= 4 is 88.1 Å². The Balaban J connectivity index is 0.000000112. The smallest absolute Gasteiger partial charge is 0.227 e. The highest BCUT2D eigenvalue weighted by Crippen LogP contribution is 2.60. The van der Waals surface area contributed by atoms with Gasteiger partial charge in [-0.15, -0.1) is 0 Å². The first-order valence-corrected chi connectivity index (χ1v) is 51.6. The average molecular weight is 1870 g/mol. The largest absolute Gasteiger partial charge is 0.455 e. The first-order chi connectivity index (χ1) is 67.7. The predicted octanol–water partition coefficient (Wildman–Crippen LogP) is 32.1. The summed E-state index contributed by atoms with van der Waals surface area (Å²) in [6.07, 6.45) is 12.9. The minimum absolute atomic E-state index is 0.0621. The molecule has 0 aliphatic heterocycles. The molecule has 142 heavy (non-hydrogen) atoms. The fourth-order valence-electron chi connectivity index (χ4n) is 25.9. The number of hydrogen-bond acceptors (Lipinski definition) is 8. The van der Waals surface area contributed by atoms with Gasteiger partial charge < -0.3 is 17.7 Å². The average Bonchev–Trinajstić information content (AvgIpc) is 1.41. The zero-order valence-electron chi connectivity index (χ0n) is 88.9. The summed E-state index contributed by atoms with van der Waals surface area (Å²) in [5, 5.41) is 9.00. The van der Waals surface area contributed by atoms with Gasteiger partial charge in [0.25, 0.3) is 0 Å². The van der Waals surface area contributed by atoms with Crippen molar-refractivity contribution in [3.8, 4) is 89.5 Å². The molecule has 20 aromatic rings. The Morgan fingerprint density at radius 2 is 0.599 bits per heavy atom. The van der Waals surface area contributed by atoms with E-state index in [0.717, 1.165) is 124 Å². The summed E-state index contributed by atoms with van der Waals surface area (Å²) in [5.74, 6) is 2.64. The summed E-state index contributed by atoms with van der Waals surface area (Å²) in [4.78, 5) is 20.5. The molecule has 12 heteroatoms. The van der Waals surface area contributed by atoms with Crippen molar-refractivity contribution in [1.29, 1.82) is 0 Å². The van der Waals surface area contributed by atoms with Gasteiger partial charge in [-0.25, -0.2) is 33.2 Å². The van der Waals surface area contributed by atoms with E-state index in [1.807, 2.05) is 12.3 Å². The molecule has 4 aliphatic rings. The van der Waals surface area contributed by atoms with E-state index in [0.29, 0.717) is 35.5 Å². The summed E-state index contributed by atoms with van der Waals surface area (Å²) < 4.78 is 35.7. The molecule has 8 aromatic carbocycles. The van der Waals surface area contributed by atoms with E-state index in [1.54, 1.807) is 0 Å². The van der Waals surface area contributed by atoms with Crippen LogP contribution in [0.25, 0.3) is 178 Å². The lowest BCUT2D eigenvalue weighted by Crippen LogP contribution is -2.38. The van der Waals surface area contributed by atoms with Crippen molar-refractivity contribution in [2.75, 3.05) is 0 Å². The number of furan rings is 4. The van der Waals surface area contributed by atoms with Gasteiger partial charge in [-0.3, -0.25) is 4.98 Å². The van der Waals surface area contributed by atoms with Crippen molar-refractivity contribution in [2.45, 2.75) is 238 Å². The highest BCUT2D eigenvalue weighted by molar-refractivity contribution is 6.15. The van der Waals surface area contributed by atoms with Gasteiger partial charge in [0.2, 0.25) is 39.9 Å². The van der Waals surface area contributed by atoms with Gasteiger partial charge in [-0.1, -0.05) is 252 Å². The zero-order chi connectivity index (χ0) is 100. The summed E-state index contributed by atoms with van der Waals surface area (Å²) in [5.41, 5.74) is 51.6. The Hall–Kier alpha value is -13.8. The SMILES string of the molecule is CCC1(CC)c2ccccc2-c2cc3c(nc21)oc1c(-c2cc(C(C)C)c(C)c[n+]2C)c(C)ccc13.Cc1c[n+](C)c(-c2c(C)ccc3c2oc2cc4c(cc23)-c2cccnc2C4(C)C)cc1C(C)C.Cc1c[n+](C)c(-c2c(C)ccc3c2oc2nc4c(cc23)-c2ccccc2C4(C(C)C)C(C)C)cc1C(C)C.Cc1c[n+](C)c(-c2c(C)ccc3c2oc2nc4c(cc23)-c2ccccc2C4(C)C)cc1C(C)C. The number of benzene rings is 8. The Morgan fingerprint density at radius 1 is 0.282 bits per heavy atom. The number of aryl methyl sites for hydroxylation is 12. The van der Waals surface area contributed by atoms with Crippen LogP contribution in [0.3, 0.4) is 0 Å². The van der Waals surface area contributed by atoms with Crippen molar-refractivity contribution in [3.63, 3.8) is 0 Å². The maximum Gasteiger partial charge on any atom is 0.227 e. The molecule has 0 unspecified atom stereocenters. The van der Waals surface area contributed by atoms with Crippen molar-refractivity contribution in [1.82, 2.24) is 19.9 Å². The van der Waals surface area contributed by atoms with Crippen LogP contribution in [0.5, 0.6) is 0 Å². The van der Waals surface area contributed by atoms with Crippen LogP contribution in [0.1, 0.15) is 273 Å². The van der Waals surface area contributed by atoms with Crippen molar-refractivity contribution in [2.24, 2.45) is 40.0 Å². The fourth-order valence-corrected chi connectivity index (χ4v) is 25.9. The van der Waals surface area contributed by atoms with Gasteiger partial charge in [0.1, 0.15) is 39.4 Å². The van der Waals surface area contributed by atoms with Gasteiger partial charge in [0, 0.05) is 140 Å². The van der Waals surface area contributed by atoms with E-state index in [-0.39, 0.29) is 21.7 Å². The highest BCUT2D eigenvalue weighted by atomic mass is 16.4. The third kappa shape index (κ3) is 14.3. The molecule has 0 spiro atoms. The molecule has 0 atom stereocenters. The van der Waals surface area contributed by atoms with Crippen LogP contribution in [0.15, 0.2) is 237 Å². The van der Waals surface area contributed by atoms with Gasteiger partial charge in [0.05, 0.1) is 45.0 Å². The van der Waals surface area contributed by atoms with Gasteiger partial charge in [-0.2, -0.15) is 0 Å². The van der Waals surface area contributed by atoms with E-state index in [1.165, 1.54) is 178 Å². The first-order valence-electron chi connectivity index (χ1n) is 51.6. The molecule has 0 N–H and O–H groups in total. The van der Waals surface area contributed by atoms with Gasteiger partial charge in [0.15, 0.2) is 41.5 Å². The number of rotatable bonds is 12. The van der Waals surface area contributed by atoms with Crippen molar-refractivity contribution in [3.05, 3.63) is 331 Å². The van der Waals surface area contributed by atoms with Crippen LogP contribution in [0.2, 0.25) is 0 Å². The highest BCUT2D eigenvalue weighted by Gasteiger charge is 2.51. The lowest BCUT2D eigenvalue weighted by molar-refractivity contribution is -0.660. The lowest BCUT2D eigenvalue weighted by Gasteiger charge is -2.39. The molecule has 4 aliphatic carbocycles. The molecule has 0 radical (unpaired) electrons. The van der Waals surface area contributed by atoms with E-state index in [2.05, 4.69) is 433 Å². The number of nitrogens with zero attached hydrogens (tertiary/aromatic N) is 8. The van der Waals surface area contributed by atoms with Gasteiger partial charge in [-0.05, 0) is 229 Å². The Bertz CT molecular complexity index is 8420. The topological polar surface area (TPSA) is 120 Å². The van der Waals surface area contributed by atoms with Crippen LogP contribution in [0, 0.1) is 67.2 Å². The van der Waals surface area contributed by atoms with Crippen LogP contribution in [0.4, 0.5) is 0 Å². The van der Waals surface area contributed by atoms with Crippen LogP contribution < -0.4 is 18.3 Å². The molecular weight excluding hydrogens is 1740 g/mol. The molecule has 0 saturated carbocycles. The zero-order valence-corrected chi connectivity index (χ0v) is 88.9. The Labute approximate surface area is 837 Å². The summed E-state index contributed by atoms with van der Waals surface area (Å²) in [7, 11) is 8.53. The fraction of sp³-hybridized carbons (Fsp3) is 0.323. The summed E-state index contributed by atoms with van der Waals surface area (Å²) in [6, 6.07) is 69.3. The second-order valence-corrected chi connectivity index (χ2v) is 44.6. The maximum absolute atomic E-state index is 6.76. The van der Waals surface area contributed by atoms with Gasteiger partial charge >= 0.3 is 0 Å². The molecular formula is C130H136N8O4+4. The third-order valence-electron chi connectivity index (χ3n) is 33.2. The number of fused-ring (bicyclic) bond motifs is 24. The molecule has 12 heterocycles. The normalized spacial score (nSPS) is 14.2. The van der Waals surface area contributed by atoms with E-state index >= 15 is 0 Å². The minimum Gasteiger partial charge on any atom is -0.455 e. The monoisotopic (exact) mass is 1870 g/mol. The first kappa shape index (κ1) is 94.4. The molecule has 12 nitrogen and oxygen atoms in total.